The van der Waals surface area contributed by atoms with Gasteiger partial charge in [-0.2, -0.15) is 0 Å². The smallest absolute Gasteiger partial charge is 0.225 e. The van der Waals surface area contributed by atoms with Gasteiger partial charge in [-0.05, 0) is 31.9 Å². The van der Waals surface area contributed by atoms with Crippen LogP contribution in [0, 0.1) is 12.8 Å². The summed E-state index contributed by atoms with van der Waals surface area (Å²) in [6.45, 7) is 5.40. The molecule has 1 saturated heterocycles. The van der Waals surface area contributed by atoms with Crippen molar-refractivity contribution in [3.63, 3.8) is 0 Å². The minimum absolute atomic E-state index is 0.279. The molecule has 0 N–H and O–H groups in total. The summed E-state index contributed by atoms with van der Waals surface area (Å²) in [4.78, 5) is 21.5. The van der Waals surface area contributed by atoms with Crippen LogP contribution in [0.1, 0.15) is 31.2 Å². The summed E-state index contributed by atoms with van der Waals surface area (Å²) in [5, 5.41) is 0. The van der Waals surface area contributed by atoms with Crippen LogP contribution in [0.3, 0.4) is 0 Å². The van der Waals surface area contributed by atoms with E-state index in [0.29, 0.717) is 5.91 Å². The van der Waals surface area contributed by atoms with Crippen LogP contribution in [-0.2, 0) is 4.79 Å². The first-order valence-corrected chi connectivity index (χ1v) is 9.36. The Morgan fingerprint density at radius 1 is 1.04 bits per heavy atom. The van der Waals surface area contributed by atoms with Gasteiger partial charge in [-0.15, -0.1) is 0 Å². The Hall–Kier alpha value is -2.30. The van der Waals surface area contributed by atoms with Crippen molar-refractivity contribution >= 4 is 11.9 Å². The molecule has 1 aromatic carbocycles. The van der Waals surface area contributed by atoms with E-state index in [4.69, 9.17) is 0 Å². The van der Waals surface area contributed by atoms with E-state index in [9.17, 15) is 4.79 Å². The quantitative estimate of drug-likeness (QED) is 0.864. The van der Waals surface area contributed by atoms with E-state index >= 15 is 0 Å². The van der Waals surface area contributed by atoms with Crippen molar-refractivity contribution in [2.45, 2.75) is 32.6 Å². The first kappa shape index (κ1) is 16.2. The Morgan fingerprint density at radius 2 is 1.72 bits per heavy atom. The van der Waals surface area contributed by atoms with Gasteiger partial charge in [0.1, 0.15) is 0 Å². The highest BCUT2D eigenvalue weighted by molar-refractivity contribution is 5.79. The summed E-state index contributed by atoms with van der Waals surface area (Å²) in [5.74, 6) is 1.62. The number of rotatable bonds is 3. The normalized spacial score (nSPS) is 18.8. The fraction of sp³-hybridized carbons (Fsp3) is 0.500. The second-order valence-electron chi connectivity index (χ2n) is 7.23. The molecular formula is C20H26N4O. The van der Waals surface area contributed by atoms with Gasteiger partial charge in [0, 0.05) is 50.2 Å². The molecule has 1 amide bonds. The number of benzene rings is 1. The maximum atomic E-state index is 12.6. The van der Waals surface area contributed by atoms with Crippen molar-refractivity contribution < 1.29 is 4.79 Å². The number of hydrogen-bond acceptors (Lipinski definition) is 3. The summed E-state index contributed by atoms with van der Waals surface area (Å²) < 4.78 is 2.13. The average Bonchev–Trinajstić information content (AvgIpc) is 3.34. The van der Waals surface area contributed by atoms with Gasteiger partial charge < -0.3 is 9.80 Å². The summed E-state index contributed by atoms with van der Waals surface area (Å²) in [7, 11) is 0. The van der Waals surface area contributed by atoms with Gasteiger partial charge in [-0.3, -0.25) is 9.36 Å². The average molecular weight is 338 g/mol. The predicted molar refractivity (Wildman–Crippen MR) is 99.1 cm³/mol. The van der Waals surface area contributed by atoms with E-state index < -0.39 is 0 Å². The lowest BCUT2D eigenvalue weighted by Gasteiger charge is -2.36. The SMILES string of the molecule is Cc1ccc(-n2ccnc2N2CCN(C(=O)C3CCCC3)CC2)cc1. The van der Waals surface area contributed by atoms with Gasteiger partial charge in [0.05, 0.1) is 0 Å². The largest absolute Gasteiger partial charge is 0.339 e. The van der Waals surface area contributed by atoms with Crippen LogP contribution < -0.4 is 4.90 Å². The van der Waals surface area contributed by atoms with Gasteiger partial charge in [0.15, 0.2) is 0 Å². The molecule has 1 aliphatic carbocycles. The minimum atomic E-state index is 0.279. The molecule has 0 unspecified atom stereocenters. The molecule has 1 saturated carbocycles. The number of amides is 1. The van der Waals surface area contributed by atoms with E-state index in [-0.39, 0.29) is 5.92 Å². The monoisotopic (exact) mass is 338 g/mol. The summed E-state index contributed by atoms with van der Waals surface area (Å²) in [6, 6.07) is 8.50. The third kappa shape index (κ3) is 3.28. The highest BCUT2D eigenvalue weighted by atomic mass is 16.2. The number of aromatic nitrogens is 2. The van der Waals surface area contributed by atoms with Crippen molar-refractivity contribution in [3.05, 3.63) is 42.2 Å². The Morgan fingerprint density at radius 3 is 2.40 bits per heavy atom. The van der Waals surface area contributed by atoms with E-state index in [2.05, 4.69) is 50.5 Å². The van der Waals surface area contributed by atoms with Gasteiger partial charge in [0.25, 0.3) is 0 Å². The molecule has 0 spiro atoms. The number of imidazole rings is 1. The molecule has 25 heavy (non-hydrogen) atoms. The summed E-state index contributed by atoms with van der Waals surface area (Å²) in [5.41, 5.74) is 2.38. The number of carbonyl (C=O) groups is 1. The highest BCUT2D eigenvalue weighted by Gasteiger charge is 2.30. The first-order valence-electron chi connectivity index (χ1n) is 9.36. The molecule has 5 heteroatoms. The lowest BCUT2D eigenvalue weighted by Crippen LogP contribution is -2.50. The zero-order valence-electron chi connectivity index (χ0n) is 14.9. The maximum absolute atomic E-state index is 12.6. The minimum Gasteiger partial charge on any atom is -0.339 e. The van der Waals surface area contributed by atoms with E-state index in [1.165, 1.54) is 18.4 Å². The molecule has 0 atom stereocenters. The molecule has 1 aromatic heterocycles. The standard InChI is InChI=1S/C20H26N4O/c1-16-6-8-18(9-7-16)24-11-10-21-20(24)23-14-12-22(13-15-23)19(25)17-4-2-3-5-17/h6-11,17H,2-5,12-15H2,1H3. The molecule has 132 valence electrons. The van der Waals surface area contributed by atoms with Crippen molar-refractivity contribution in [2.24, 2.45) is 5.92 Å². The third-order valence-corrected chi connectivity index (χ3v) is 5.51. The van der Waals surface area contributed by atoms with Crippen molar-refractivity contribution in [1.29, 1.82) is 0 Å². The zero-order valence-corrected chi connectivity index (χ0v) is 14.9. The summed E-state index contributed by atoms with van der Waals surface area (Å²) in [6.07, 6.45) is 8.45. The van der Waals surface area contributed by atoms with Gasteiger partial charge in [-0.25, -0.2) is 4.98 Å². The topological polar surface area (TPSA) is 41.4 Å². The Balaban J connectivity index is 1.44. The molecule has 2 aliphatic rings. The lowest BCUT2D eigenvalue weighted by atomic mass is 10.1. The fourth-order valence-electron chi connectivity index (χ4n) is 3.99. The van der Waals surface area contributed by atoms with Crippen molar-refractivity contribution in [1.82, 2.24) is 14.5 Å². The van der Waals surface area contributed by atoms with Crippen LogP contribution >= 0.6 is 0 Å². The maximum Gasteiger partial charge on any atom is 0.225 e. The number of hydrogen-bond donors (Lipinski definition) is 0. The second-order valence-corrected chi connectivity index (χ2v) is 7.23. The van der Waals surface area contributed by atoms with Crippen LogP contribution in [0.5, 0.6) is 0 Å². The van der Waals surface area contributed by atoms with Gasteiger partial charge in [0.2, 0.25) is 11.9 Å². The van der Waals surface area contributed by atoms with Crippen LogP contribution in [-0.4, -0.2) is 46.5 Å². The van der Waals surface area contributed by atoms with Crippen molar-refractivity contribution in [2.75, 3.05) is 31.1 Å². The second kappa shape index (κ2) is 6.90. The molecule has 5 nitrogen and oxygen atoms in total. The van der Waals surface area contributed by atoms with Gasteiger partial charge in [-0.1, -0.05) is 30.5 Å². The molecule has 0 bridgehead atoms. The van der Waals surface area contributed by atoms with E-state index in [1.54, 1.807) is 0 Å². The van der Waals surface area contributed by atoms with E-state index in [1.807, 2.05) is 12.4 Å². The molecule has 2 fully saturated rings. The van der Waals surface area contributed by atoms with Crippen LogP contribution in [0.25, 0.3) is 5.69 Å². The number of carbonyl (C=O) groups excluding carboxylic acids is 1. The van der Waals surface area contributed by atoms with Crippen LogP contribution in [0.4, 0.5) is 5.95 Å². The zero-order chi connectivity index (χ0) is 17.2. The third-order valence-electron chi connectivity index (χ3n) is 5.51. The number of nitrogens with zero attached hydrogens (tertiary/aromatic N) is 4. The molecule has 2 heterocycles. The highest BCUT2D eigenvalue weighted by Crippen LogP contribution is 2.27. The van der Waals surface area contributed by atoms with E-state index in [0.717, 1.165) is 50.7 Å². The first-order chi connectivity index (χ1) is 12.2. The lowest BCUT2D eigenvalue weighted by molar-refractivity contribution is -0.135. The Kier molecular flexibility index (Phi) is 4.47. The van der Waals surface area contributed by atoms with Crippen LogP contribution in [0.2, 0.25) is 0 Å². The molecule has 4 rings (SSSR count). The van der Waals surface area contributed by atoms with Crippen molar-refractivity contribution in [3.8, 4) is 5.69 Å². The number of aryl methyl sites for hydroxylation is 1. The van der Waals surface area contributed by atoms with Crippen LogP contribution in [0.15, 0.2) is 36.7 Å². The molecule has 0 radical (unpaired) electrons. The molecule has 1 aliphatic heterocycles. The Bertz CT molecular complexity index is 722. The molecule has 2 aromatic rings. The Labute approximate surface area is 149 Å². The van der Waals surface area contributed by atoms with Gasteiger partial charge >= 0.3 is 0 Å². The molecular weight excluding hydrogens is 312 g/mol. The predicted octanol–water partition coefficient (Wildman–Crippen LogP) is 3.02. The summed E-state index contributed by atoms with van der Waals surface area (Å²) >= 11 is 0. The number of piperazine rings is 1. The fourth-order valence-corrected chi connectivity index (χ4v) is 3.99. The number of anilines is 1.